The van der Waals surface area contributed by atoms with Gasteiger partial charge in [0.2, 0.25) is 5.91 Å². The normalized spacial score (nSPS) is 20.3. The Morgan fingerprint density at radius 1 is 0.935 bits per heavy atom. The zero-order valence-electron chi connectivity index (χ0n) is 17.5. The molecule has 2 saturated heterocycles. The van der Waals surface area contributed by atoms with E-state index in [4.69, 9.17) is 21.1 Å². The van der Waals surface area contributed by atoms with Crippen molar-refractivity contribution in [1.29, 1.82) is 0 Å². The molecule has 7 nitrogen and oxygen atoms in total. The second-order valence-corrected chi connectivity index (χ2v) is 8.10. The van der Waals surface area contributed by atoms with Crippen LogP contribution in [0.1, 0.15) is 6.42 Å². The number of rotatable bonds is 7. The average molecular weight is 444 g/mol. The molecule has 0 spiro atoms. The van der Waals surface area contributed by atoms with Crippen LogP contribution in [0.5, 0.6) is 11.5 Å². The van der Waals surface area contributed by atoms with Gasteiger partial charge in [0.05, 0.1) is 25.3 Å². The maximum Gasteiger partial charge on any atom is 0.251 e. The minimum atomic E-state index is -0.387. The lowest BCUT2D eigenvalue weighted by Gasteiger charge is -2.36. The Morgan fingerprint density at radius 3 is 2.23 bits per heavy atom. The predicted octanol–water partition coefficient (Wildman–Crippen LogP) is 2.68. The lowest BCUT2D eigenvalue weighted by atomic mass is 10.1. The van der Waals surface area contributed by atoms with Gasteiger partial charge in [-0.3, -0.25) is 19.4 Å². The van der Waals surface area contributed by atoms with E-state index in [0.29, 0.717) is 23.1 Å². The number of ether oxygens (including phenoxy) is 2. The predicted molar refractivity (Wildman–Crippen MR) is 119 cm³/mol. The maximum atomic E-state index is 13.0. The van der Waals surface area contributed by atoms with Crippen molar-refractivity contribution >= 4 is 29.1 Å². The molecule has 164 valence electrons. The van der Waals surface area contributed by atoms with Gasteiger partial charge in [0.25, 0.3) is 5.91 Å². The quantitative estimate of drug-likeness (QED) is 0.613. The van der Waals surface area contributed by atoms with Gasteiger partial charge in [-0.05, 0) is 48.5 Å². The number of amides is 2. The first kappa shape index (κ1) is 21.6. The Balaban J connectivity index is 1.27. The van der Waals surface area contributed by atoms with E-state index >= 15 is 0 Å². The van der Waals surface area contributed by atoms with E-state index in [-0.39, 0.29) is 24.3 Å². The molecule has 2 aromatic carbocycles. The molecule has 0 N–H and O–H groups in total. The molecule has 1 atom stereocenters. The van der Waals surface area contributed by atoms with E-state index in [0.717, 1.165) is 38.5 Å². The monoisotopic (exact) mass is 443 g/mol. The zero-order valence-corrected chi connectivity index (χ0v) is 18.3. The fourth-order valence-electron chi connectivity index (χ4n) is 4.03. The highest BCUT2D eigenvalue weighted by molar-refractivity contribution is 6.30. The van der Waals surface area contributed by atoms with Crippen molar-refractivity contribution in [2.45, 2.75) is 12.5 Å². The summed E-state index contributed by atoms with van der Waals surface area (Å²) < 4.78 is 10.9. The summed E-state index contributed by atoms with van der Waals surface area (Å²) in [6.07, 6.45) is 0.227. The second kappa shape index (κ2) is 9.68. The summed E-state index contributed by atoms with van der Waals surface area (Å²) in [5, 5.41) is 0.689. The Hall–Kier alpha value is -2.61. The molecule has 4 rings (SSSR count). The van der Waals surface area contributed by atoms with Crippen LogP contribution in [0.15, 0.2) is 48.5 Å². The number of carbonyl (C=O) groups is 2. The lowest BCUT2D eigenvalue weighted by Crippen LogP contribution is -2.53. The number of piperazine rings is 1. The third-order valence-electron chi connectivity index (χ3n) is 5.79. The summed E-state index contributed by atoms with van der Waals surface area (Å²) in [7, 11) is 1.58. The van der Waals surface area contributed by atoms with E-state index in [1.54, 1.807) is 31.4 Å². The number of carbonyl (C=O) groups excluding carboxylic acids is 2. The number of hydrogen-bond acceptors (Lipinski definition) is 6. The van der Waals surface area contributed by atoms with Crippen molar-refractivity contribution in [3.63, 3.8) is 0 Å². The molecule has 0 aliphatic carbocycles. The molecule has 8 heteroatoms. The van der Waals surface area contributed by atoms with Crippen LogP contribution in [-0.2, 0) is 9.59 Å². The van der Waals surface area contributed by atoms with Gasteiger partial charge in [-0.1, -0.05) is 11.6 Å². The van der Waals surface area contributed by atoms with Crippen LogP contribution in [0, 0.1) is 0 Å². The summed E-state index contributed by atoms with van der Waals surface area (Å²) >= 11 is 5.89. The Labute approximate surface area is 187 Å². The Bertz CT molecular complexity index is 911. The molecule has 0 aromatic heterocycles. The van der Waals surface area contributed by atoms with Crippen molar-refractivity contribution in [2.24, 2.45) is 0 Å². The second-order valence-electron chi connectivity index (χ2n) is 7.67. The lowest BCUT2D eigenvalue weighted by molar-refractivity contribution is -0.123. The van der Waals surface area contributed by atoms with Gasteiger partial charge in [0.15, 0.2) is 0 Å². The minimum Gasteiger partial charge on any atom is -0.497 e. The molecule has 31 heavy (non-hydrogen) atoms. The summed E-state index contributed by atoms with van der Waals surface area (Å²) in [5.74, 6) is 1.20. The third-order valence-corrected chi connectivity index (χ3v) is 6.04. The summed E-state index contributed by atoms with van der Waals surface area (Å²) in [6.45, 7) is 4.58. The minimum absolute atomic E-state index is 0.144. The SMILES string of the molecule is COc1ccc(N2C(=O)CC(N3CCN(CCOc4ccc(Cl)cc4)CC3)C2=O)cc1. The number of hydrogen-bond donors (Lipinski definition) is 0. The topological polar surface area (TPSA) is 62.3 Å². The smallest absolute Gasteiger partial charge is 0.251 e. The molecule has 2 amide bonds. The molecule has 1 unspecified atom stereocenters. The highest BCUT2D eigenvalue weighted by Crippen LogP contribution is 2.27. The van der Waals surface area contributed by atoms with Crippen LogP contribution in [0.25, 0.3) is 0 Å². The van der Waals surface area contributed by atoms with Gasteiger partial charge in [0.1, 0.15) is 18.1 Å². The van der Waals surface area contributed by atoms with Gasteiger partial charge in [0, 0.05) is 37.7 Å². The fraction of sp³-hybridized carbons (Fsp3) is 0.391. The highest BCUT2D eigenvalue weighted by Gasteiger charge is 2.43. The number of halogens is 1. The van der Waals surface area contributed by atoms with Crippen LogP contribution in [0.3, 0.4) is 0 Å². The van der Waals surface area contributed by atoms with E-state index in [1.807, 2.05) is 24.3 Å². The van der Waals surface area contributed by atoms with Gasteiger partial charge < -0.3 is 9.47 Å². The standard InChI is InChI=1S/C23H26ClN3O4/c1-30-19-8-4-18(5-9-19)27-22(28)16-21(23(27)29)26-12-10-25(11-13-26)14-15-31-20-6-2-17(24)3-7-20/h2-9,21H,10-16H2,1H3. The van der Waals surface area contributed by atoms with Crippen molar-refractivity contribution in [3.8, 4) is 11.5 Å². The number of anilines is 1. The third kappa shape index (κ3) is 5.01. The average Bonchev–Trinajstić information content (AvgIpc) is 3.09. The van der Waals surface area contributed by atoms with Crippen LogP contribution in [0.2, 0.25) is 5.02 Å². The highest BCUT2D eigenvalue weighted by atomic mass is 35.5. The molecule has 2 fully saturated rings. The first-order valence-corrected chi connectivity index (χ1v) is 10.8. The first-order valence-electron chi connectivity index (χ1n) is 10.4. The molecule has 0 saturated carbocycles. The molecular weight excluding hydrogens is 418 g/mol. The van der Waals surface area contributed by atoms with Crippen molar-refractivity contribution in [3.05, 3.63) is 53.6 Å². The van der Waals surface area contributed by atoms with Crippen molar-refractivity contribution in [2.75, 3.05) is 51.3 Å². The van der Waals surface area contributed by atoms with E-state index in [9.17, 15) is 9.59 Å². The molecule has 2 aliphatic rings. The molecule has 2 aromatic rings. The Morgan fingerprint density at radius 2 is 1.58 bits per heavy atom. The molecule has 0 bridgehead atoms. The summed E-state index contributed by atoms with van der Waals surface area (Å²) in [4.78, 5) is 31.3. The largest absolute Gasteiger partial charge is 0.497 e. The maximum absolute atomic E-state index is 13.0. The summed E-state index contributed by atoms with van der Waals surface area (Å²) in [6, 6.07) is 14.0. The number of nitrogens with zero attached hydrogens (tertiary/aromatic N) is 3. The van der Waals surface area contributed by atoms with Gasteiger partial charge in [-0.25, -0.2) is 4.90 Å². The Kier molecular flexibility index (Phi) is 6.75. The first-order chi connectivity index (χ1) is 15.0. The van der Waals surface area contributed by atoms with Gasteiger partial charge >= 0.3 is 0 Å². The van der Waals surface area contributed by atoms with E-state index in [1.165, 1.54) is 4.90 Å². The van der Waals surface area contributed by atoms with Gasteiger partial charge in [-0.2, -0.15) is 0 Å². The van der Waals surface area contributed by atoms with Crippen LogP contribution in [-0.4, -0.2) is 74.1 Å². The van der Waals surface area contributed by atoms with Crippen molar-refractivity contribution in [1.82, 2.24) is 9.80 Å². The number of imide groups is 1. The van der Waals surface area contributed by atoms with Crippen LogP contribution >= 0.6 is 11.6 Å². The number of methoxy groups -OCH3 is 1. The van der Waals surface area contributed by atoms with E-state index in [2.05, 4.69) is 9.80 Å². The molecular formula is C23H26ClN3O4. The fourth-order valence-corrected chi connectivity index (χ4v) is 4.15. The zero-order chi connectivity index (χ0) is 21.8. The molecule has 2 aliphatic heterocycles. The molecule has 0 radical (unpaired) electrons. The molecule has 2 heterocycles. The van der Waals surface area contributed by atoms with Crippen molar-refractivity contribution < 1.29 is 19.1 Å². The van der Waals surface area contributed by atoms with Crippen LogP contribution < -0.4 is 14.4 Å². The van der Waals surface area contributed by atoms with E-state index < -0.39 is 0 Å². The summed E-state index contributed by atoms with van der Waals surface area (Å²) in [5.41, 5.74) is 0.594. The van der Waals surface area contributed by atoms with Gasteiger partial charge in [-0.15, -0.1) is 0 Å². The van der Waals surface area contributed by atoms with Crippen LogP contribution in [0.4, 0.5) is 5.69 Å². The number of benzene rings is 2.